The summed E-state index contributed by atoms with van der Waals surface area (Å²) in [5.74, 6) is 6.68. The summed E-state index contributed by atoms with van der Waals surface area (Å²) in [7, 11) is 5.57. The molecule has 0 aromatic heterocycles. The van der Waals surface area contributed by atoms with Gasteiger partial charge in [0.25, 0.3) is 5.91 Å². The summed E-state index contributed by atoms with van der Waals surface area (Å²) in [6, 6.07) is 13.4. The smallest absolute Gasteiger partial charge is 0.303 e. The van der Waals surface area contributed by atoms with Crippen molar-refractivity contribution in [1.29, 1.82) is 0 Å². The Bertz CT molecular complexity index is 1330. The van der Waals surface area contributed by atoms with Crippen molar-refractivity contribution in [2.45, 2.75) is 61.8 Å². The lowest BCUT2D eigenvalue weighted by atomic mass is 9.48. The summed E-state index contributed by atoms with van der Waals surface area (Å²) in [4.78, 5) is 30.0. The van der Waals surface area contributed by atoms with Crippen LogP contribution in [0.2, 0.25) is 0 Å². The molecule has 2 aromatic rings. The number of hydrogen-bond acceptors (Lipinski definition) is 6. The number of amides is 1. The Morgan fingerprint density at radius 2 is 1.95 bits per heavy atom. The number of hydrogen-bond donors (Lipinski definition) is 0. The van der Waals surface area contributed by atoms with Gasteiger partial charge in [0.1, 0.15) is 11.7 Å². The zero-order valence-electron chi connectivity index (χ0n) is 21.7. The minimum Gasteiger partial charge on any atom is -0.493 e. The maximum Gasteiger partial charge on any atom is 0.303 e. The molecular formula is C30H32N2O5. The molecular weight excluding hydrogens is 468 g/mol. The third kappa shape index (κ3) is 3.25. The van der Waals surface area contributed by atoms with Crippen LogP contribution in [0.15, 0.2) is 42.5 Å². The lowest BCUT2D eigenvalue weighted by Gasteiger charge is -2.65. The summed E-state index contributed by atoms with van der Waals surface area (Å²) in [5, 5.41) is 0. The minimum atomic E-state index is -0.739. The maximum atomic E-state index is 13.3. The summed E-state index contributed by atoms with van der Waals surface area (Å²) >= 11 is 0. The molecule has 1 saturated heterocycles. The first-order chi connectivity index (χ1) is 17.8. The van der Waals surface area contributed by atoms with E-state index in [-0.39, 0.29) is 30.1 Å². The second-order valence-electron chi connectivity index (χ2n) is 10.7. The Balaban J connectivity index is 1.46. The molecule has 1 saturated carbocycles. The van der Waals surface area contributed by atoms with Gasteiger partial charge < -0.3 is 19.1 Å². The Kier molecular flexibility index (Phi) is 5.50. The molecule has 2 aromatic carbocycles. The highest BCUT2D eigenvalue weighted by atomic mass is 16.6. The molecule has 2 bridgehead atoms. The maximum absolute atomic E-state index is 13.3. The molecule has 0 radical (unpaired) electrons. The van der Waals surface area contributed by atoms with Crippen molar-refractivity contribution in [3.8, 4) is 23.3 Å². The van der Waals surface area contributed by atoms with Crippen molar-refractivity contribution in [2.24, 2.45) is 0 Å². The molecule has 5 atom stereocenters. The highest BCUT2D eigenvalue weighted by Crippen LogP contribution is 2.67. The normalized spacial score (nSPS) is 30.8. The van der Waals surface area contributed by atoms with Crippen molar-refractivity contribution >= 4 is 11.9 Å². The molecule has 2 aliphatic carbocycles. The number of methoxy groups -OCH3 is 1. The first-order valence-electron chi connectivity index (χ1n) is 12.9. The van der Waals surface area contributed by atoms with Crippen LogP contribution in [-0.2, 0) is 26.2 Å². The van der Waals surface area contributed by atoms with E-state index in [4.69, 9.17) is 14.2 Å². The molecule has 37 heavy (non-hydrogen) atoms. The van der Waals surface area contributed by atoms with Gasteiger partial charge in [0.05, 0.1) is 24.6 Å². The average Bonchev–Trinajstić information content (AvgIpc) is 3.24. The number of carbonyl (C=O) groups is 2. The number of likely N-dealkylation sites (tertiary alicyclic amines) is 1. The van der Waals surface area contributed by atoms with Gasteiger partial charge in [-0.05, 0) is 63.0 Å². The molecule has 7 heteroatoms. The Hall–Kier alpha value is -3.50. The molecule has 2 heterocycles. The fourth-order valence-corrected chi connectivity index (χ4v) is 7.59. The van der Waals surface area contributed by atoms with Gasteiger partial charge in [-0.3, -0.25) is 14.5 Å². The molecule has 2 aliphatic heterocycles. The summed E-state index contributed by atoms with van der Waals surface area (Å²) < 4.78 is 19.0. The number of carbonyl (C=O) groups excluding carboxylic acids is 2. The van der Waals surface area contributed by atoms with Gasteiger partial charge in [-0.2, -0.15) is 0 Å². The largest absolute Gasteiger partial charge is 0.493 e. The van der Waals surface area contributed by atoms with Crippen LogP contribution in [0.5, 0.6) is 11.5 Å². The van der Waals surface area contributed by atoms with Gasteiger partial charge in [-0.1, -0.05) is 30.2 Å². The van der Waals surface area contributed by atoms with Crippen LogP contribution in [-0.4, -0.2) is 73.2 Å². The molecule has 1 amide bonds. The average molecular weight is 501 g/mol. The molecule has 0 N–H and O–H groups in total. The van der Waals surface area contributed by atoms with E-state index in [1.54, 1.807) is 12.0 Å². The predicted octanol–water partition coefficient (Wildman–Crippen LogP) is 2.93. The van der Waals surface area contributed by atoms with E-state index < -0.39 is 11.0 Å². The third-order valence-electron chi connectivity index (χ3n) is 9.09. The van der Waals surface area contributed by atoms with Gasteiger partial charge in [-0.15, -0.1) is 0 Å². The summed E-state index contributed by atoms with van der Waals surface area (Å²) in [6.07, 6.45) is 2.45. The van der Waals surface area contributed by atoms with Crippen molar-refractivity contribution in [2.75, 3.05) is 27.7 Å². The lowest BCUT2D eigenvalue weighted by Crippen LogP contribution is -2.78. The van der Waals surface area contributed by atoms with Crippen LogP contribution < -0.4 is 9.47 Å². The summed E-state index contributed by atoms with van der Waals surface area (Å²) in [6.45, 7) is 2.34. The number of piperidine rings is 1. The second kappa shape index (κ2) is 8.53. The van der Waals surface area contributed by atoms with Crippen LogP contribution in [0.25, 0.3) is 0 Å². The van der Waals surface area contributed by atoms with E-state index in [1.807, 2.05) is 43.4 Å². The molecule has 6 rings (SSSR count). The van der Waals surface area contributed by atoms with Gasteiger partial charge in [0.2, 0.25) is 0 Å². The van der Waals surface area contributed by atoms with Crippen LogP contribution in [0.1, 0.15) is 42.9 Å². The van der Waals surface area contributed by atoms with E-state index in [9.17, 15) is 9.59 Å². The van der Waals surface area contributed by atoms with Crippen LogP contribution >= 0.6 is 0 Å². The monoisotopic (exact) mass is 500 g/mol. The third-order valence-corrected chi connectivity index (χ3v) is 9.09. The topological polar surface area (TPSA) is 68.3 Å². The van der Waals surface area contributed by atoms with Crippen LogP contribution in [0, 0.1) is 11.8 Å². The van der Waals surface area contributed by atoms with E-state index in [0.717, 1.165) is 36.3 Å². The quantitative estimate of drug-likeness (QED) is 0.477. The number of ether oxygens (including phenoxy) is 3. The minimum absolute atomic E-state index is 0.0305. The van der Waals surface area contributed by atoms with E-state index in [2.05, 4.69) is 29.9 Å². The Morgan fingerprint density at radius 3 is 2.68 bits per heavy atom. The van der Waals surface area contributed by atoms with Gasteiger partial charge >= 0.3 is 5.97 Å². The highest BCUT2D eigenvalue weighted by Gasteiger charge is 2.75. The molecule has 0 unspecified atom stereocenters. The van der Waals surface area contributed by atoms with E-state index in [1.165, 1.54) is 12.5 Å². The van der Waals surface area contributed by atoms with E-state index >= 15 is 0 Å². The molecule has 2 fully saturated rings. The van der Waals surface area contributed by atoms with Gasteiger partial charge in [-0.25, -0.2) is 0 Å². The Morgan fingerprint density at radius 1 is 1.16 bits per heavy atom. The number of rotatable bonds is 3. The predicted molar refractivity (Wildman–Crippen MR) is 137 cm³/mol. The molecule has 192 valence electrons. The highest BCUT2D eigenvalue weighted by molar-refractivity contribution is 5.94. The first-order valence-corrected chi connectivity index (χ1v) is 12.9. The number of benzene rings is 2. The molecule has 7 nitrogen and oxygen atoms in total. The van der Waals surface area contributed by atoms with E-state index in [0.29, 0.717) is 18.6 Å². The van der Waals surface area contributed by atoms with Crippen molar-refractivity contribution in [1.82, 2.24) is 9.80 Å². The Labute approximate surface area is 217 Å². The number of esters is 1. The lowest BCUT2D eigenvalue weighted by molar-refractivity contribution is -0.220. The van der Waals surface area contributed by atoms with Crippen LogP contribution in [0.3, 0.4) is 0 Å². The van der Waals surface area contributed by atoms with Gasteiger partial charge in [0.15, 0.2) is 11.5 Å². The summed E-state index contributed by atoms with van der Waals surface area (Å²) in [5.41, 5.74) is 1.79. The second-order valence-corrected chi connectivity index (χ2v) is 10.7. The van der Waals surface area contributed by atoms with Crippen molar-refractivity contribution in [3.05, 3.63) is 59.2 Å². The molecule has 1 spiro atoms. The van der Waals surface area contributed by atoms with Crippen molar-refractivity contribution < 1.29 is 23.8 Å². The fourth-order valence-electron chi connectivity index (χ4n) is 7.59. The standard InChI is InChI=1S/C30H32N2O5/c1-19(33)37-30-15-14-22(32(3)25(34)13-10-20-8-6-5-7-9-20)28-29(30)16-17-31(2)24(30)18-21-11-12-23(35-4)27(36-28)26(21)29/h5-9,11-12,22,24,28H,14-18H2,1-4H3/t22-,24-,28+,29+,30-/m1/s1. The SMILES string of the molecule is COc1ccc2c3c1O[C@H]1[C@H](N(C)C(=O)C#Cc4ccccc4)CC[C@@]4(OC(C)=O)[C@@H](C2)N(C)CC[C@]314. The zero-order chi connectivity index (χ0) is 25.9. The van der Waals surface area contributed by atoms with Crippen LogP contribution in [0.4, 0.5) is 0 Å². The molecule has 4 aliphatic rings. The van der Waals surface area contributed by atoms with Crippen molar-refractivity contribution in [3.63, 3.8) is 0 Å². The number of likely N-dealkylation sites (N-methyl/N-ethyl adjacent to an activating group) is 2. The van der Waals surface area contributed by atoms with Gasteiger partial charge in [0, 0.05) is 31.0 Å². The first kappa shape index (κ1) is 23.9. The number of nitrogens with zero attached hydrogens (tertiary/aromatic N) is 2. The zero-order valence-corrected chi connectivity index (χ0v) is 21.7. The fraction of sp³-hybridized carbons (Fsp3) is 0.467.